The smallest absolute Gasteiger partial charge is 0.201 e. The molecule has 1 N–H and O–H groups in total. The van der Waals surface area contributed by atoms with Gasteiger partial charge >= 0.3 is 0 Å². The van der Waals surface area contributed by atoms with E-state index in [0.717, 1.165) is 0 Å². The lowest BCUT2D eigenvalue weighted by molar-refractivity contribution is -0.101. The molecule has 0 saturated heterocycles. The van der Waals surface area contributed by atoms with Crippen molar-refractivity contribution in [3.63, 3.8) is 0 Å². The molecule has 4 nitrogen and oxygen atoms in total. The van der Waals surface area contributed by atoms with E-state index >= 15 is 0 Å². The summed E-state index contributed by atoms with van der Waals surface area (Å²) >= 11 is 9.00. The molecule has 78 valence electrons. The van der Waals surface area contributed by atoms with E-state index in [-0.39, 0.29) is 10.8 Å². The Morgan fingerprint density at radius 2 is 2.21 bits per heavy atom. The fourth-order valence-electron chi connectivity index (χ4n) is 0.877. The summed E-state index contributed by atoms with van der Waals surface area (Å²) in [5.74, 6) is 0. The minimum Gasteiger partial charge on any atom is -0.363 e. The van der Waals surface area contributed by atoms with Crippen molar-refractivity contribution in [3.8, 4) is 0 Å². The van der Waals surface area contributed by atoms with Gasteiger partial charge < -0.3 is 9.84 Å². The molecule has 1 aromatic rings. The lowest BCUT2D eigenvalue weighted by atomic mass is 10.4. The van der Waals surface area contributed by atoms with Crippen LogP contribution in [0, 0.1) is 6.92 Å². The number of aryl methyl sites for hydroxylation is 1. The van der Waals surface area contributed by atoms with E-state index in [2.05, 4.69) is 25.9 Å². The van der Waals surface area contributed by atoms with Crippen LogP contribution in [0.2, 0.25) is 5.15 Å². The first kappa shape index (κ1) is 11.8. The molecule has 0 aliphatic heterocycles. The molecule has 14 heavy (non-hydrogen) atoms. The van der Waals surface area contributed by atoms with Crippen LogP contribution in [0.4, 0.5) is 0 Å². The number of aliphatic hydroxyl groups is 1. The molecule has 6 heteroatoms. The van der Waals surface area contributed by atoms with Gasteiger partial charge in [0, 0.05) is 6.61 Å². The third-order valence-corrected chi connectivity index (χ3v) is 2.58. The highest BCUT2D eigenvalue weighted by Crippen LogP contribution is 2.23. The molecular weight excluding hydrogens is 271 g/mol. The molecule has 1 unspecified atom stereocenters. The van der Waals surface area contributed by atoms with Crippen molar-refractivity contribution in [2.45, 2.75) is 20.1 Å². The summed E-state index contributed by atoms with van der Waals surface area (Å²) in [6.07, 6.45) is -1.13. The van der Waals surface area contributed by atoms with Crippen LogP contribution in [-0.2, 0) is 4.74 Å². The molecule has 0 aliphatic carbocycles. The lowest BCUT2D eigenvalue weighted by Gasteiger charge is -2.11. The standard InChI is InChI=1S/C8H10BrClN2O2/c1-3-14-8(13)5-7(10)11-4(2)6(9)12-5/h8,13H,3H2,1-2H3. The zero-order valence-electron chi connectivity index (χ0n) is 7.79. The second-order valence-corrected chi connectivity index (χ2v) is 3.69. The number of nitrogens with zero attached hydrogens (tertiary/aromatic N) is 2. The molecule has 0 saturated carbocycles. The first-order valence-corrected chi connectivity index (χ1v) is 5.22. The molecular formula is C8H10BrClN2O2. The average Bonchev–Trinajstić information content (AvgIpc) is 2.11. The van der Waals surface area contributed by atoms with Gasteiger partial charge in [-0.2, -0.15) is 0 Å². The Kier molecular flexibility index (Phi) is 4.25. The van der Waals surface area contributed by atoms with E-state index in [9.17, 15) is 5.11 Å². The van der Waals surface area contributed by atoms with E-state index in [0.29, 0.717) is 16.9 Å². The van der Waals surface area contributed by atoms with E-state index in [4.69, 9.17) is 16.3 Å². The summed E-state index contributed by atoms with van der Waals surface area (Å²) < 4.78 is 5.50. The van der Waals surface area contributed by atoms with Gasteiger partial charge in [0.2, 0.25) is 6.29 Å². The number of hydrogen-bond donors (Lipinski definition) is 1. The highest BCUT2D eigenvalue weighted by atomic mass is 79.9. The minimum absolute atomic E-state index is 0.159. The Bertz CT molecular complexity index is 335. The molecule has 0 aromatic carbocycles. The van der Waals surface area contributed by atoms with Crippen molar-refractivity contribution < 1.29 is 9.84 Å². The summed E-state index contributed by atoms with van der Waals surface area (Å²) in [4.78, 5) is 8.03. The number of aromatic nitrogens is 2. The summed E-state index contributed by atoms with van der Waals surface area (Å²) in [6, 6.07) is 0. The van der Waals surface area contributed by atoms with E-state index < -0.39 is 6.29 Å². The second kappa shape index (κ2) is 5.02. The van der Waals surface area contributed by atoms with E-state index in [1.54, 1.807) is 13.8 Å². The molecule has 1 rings (SSSR count). The Labute approximate surface area is 95.4 Å². The monoisotopic (exact) mass is 280 g/mol. The van der Waals surface area contributed by atoms with Crippen LogP contribution >= 0.6 is 27.5 Å². The van der Waals surface area contributed by atoms with Gasteiger partial charge in [-0.3, -0.25) is 0 Å². The second-order valence-electron chi connectivity index (χ2n) is 2.58. The summed E-state index contributed by atoms with van der Waals surface area (Å²) in [7, 11) is 0. The van der Waals surface area contributed by atoms with Crippen molar-refractivity contribution in [1.82, 2.24) is 9.97 Å². The molecule has 0 fully saturated rings. The van der Waals surface area contributed by atoms with Gasteiger partial charge in [-0.1, -0.05) is 11.6 Å². The SMILES string of the molecule is CCOC(O)c1nc(Br)c(C)nc1Cl. The first-order chi connectivity index (χ1) is 6.56. The van der Waals surface area contributed by atoms with Crippen LogP contribution < -0.4 is 0 Å². The fraction of sp³-hybridized carbons (Fsp3) is 0.500. The van der Waals surface area contributed by atoms with Crippen LogP contribution in [0.25, 0.3) is 0 Å². The highest BCUT2D eigenvalue weighted by molar-refractivity contribution is 9.10. The molecule has 0 amide bonds. The van der Waals surface area contributed by atoms with Gasteiger partial charge in [-0.15, -0.1) is 0 Å². The molecule has 1 atom stereocenters. The predicted octanol–water partition coefficient (Wildman–Crippen LogP) is 2.23. The van der Waals surface area contributed by atoms with Crippen LogP contribution in [-0.4, -0.2) is 21.7 Å². The third-order valence-electron chi connectivity index (χ3n) is 1.55. The number of halogens is 2. The predicted molar refractivity (Wildman–Crippen MR) is 56.1 cm³/mol. The molecule has 0 bridgehead atoms. The quantitative estimate of drug-likeness (QED) is 0.863. The van der Waals surface area contributed by atoms with Crippen LogP contribution in [0.3, 0.4) is 0 Å². The van der Waals surface area contributed by atoms with Crippen molar-refractivity contribution in [2.24, 2.45) is 0 Å². The minimum atomic E-state index is -1.13. The summed E-state index contributed by atoms with van der Waals surface area (Å²) in [6.45, 7) is 3.91. The fourth-order valence-corrected chi connectivity index (χ4v) is 1.42. The number of rotatable bonds is 3. The third kappa shape index (κ3) is 2.63. The van der Waals surface area contributed by atoms with E-state index in [1.165, 1.54) is 0 Å². The normalized spacial score (nSPS) is 12.9. The average molecular weight is 282 g/mol. The Hall–Kier alpha value is -0.230. The van der Waals surface area contributed by atoms with Gasteiger partial charge in [-0.25, -0.2) is 9.97 Å². The van der Waals surface area contributed by atoms with Gasteiger partial charge in [-0.05, 0) is 29.8 Å². The van der Waals surface area contributed by atoms with Crippen LogP contribution in [0.15, 0.2) is 4.60 Å². The maximum absolute atomic E-state index is 9.49. The molecule has 1 heterocycles. The lowest BCUT2D eigenvalue weighted by Crippen LogP contribution is -2.08. The number of hydrogen-bond acceptors (Lipinski definition) is 4. The molecule has 0 aliphatic rings. The first-order valence-electron chi connectivity index (χ1n) is 4.05. The number of ether oxygens (including phenoxy) is 1. The zero-order chi connectivity index (χ0) is 10.7. The topological polar surface area (TPSA) is 55.2 Å². The largest absolute Gasteiger partial charge is 0.363 e. The highest BCUT2D eigenvalue weighted by Gasteiger charge is 2.16. The van der Waals surface area contributed by atoms with Crippen molar-refractivity contribution in [2.75, 3.05) is 6.61 Å². The van der Waals surface area contributed by atoms with Crippen molar-refractivity contribution >= 4 is 27.5 Å². The maximum Gasteiger partial charge on any atom is 0.201 e. The van der Waals surface area contributed by atoms with Crippen molar-refractivity contribution in [3.05, 3.63) is 21.1 Å². The zero-order valence-corrected chi connectivity index (χ0v) is 10.1. The van der Waals surface area contributed by atoms with Gasteiger partial charge in [0.25, 0.3) is 0 Å². The van der Waals surface area contributed by atoms with Gasteiger partial charge in [0.15, 0.2) is 5.15 Å². The summed E-state index contributed by atoms with van der Waals surface area (Å²) in [5, 5.41) is 9.65. The Morgan fingerprint density at radius 3 is 2.79 bits per heavy atom. The van der Waals surface area contributed by atoms with E-state index in [1.807, 2.05) is 0 Å². The number of aliphatic hydroxyl groups excluding tert-OH is 1. The molecule has 0 radical (unpaired) electrons. The van der Waals surface area contributed by atoms with Crippen molar-refractivity contribution in [1.29, 1.82) is 0 Å². The van der Waals surface area contributed by atoms with Crippen LogP contribution in [0.1, 0.15) is 24.6 Å². The maximum atomic E-state index is 9.49. The Balaban J connectivity index is 3.02. The summed E-state index contributed by atoms with van der Waals surface area (Å²) in [5.41, 5.74) is 0.897. The van der Waals surface area contributed by atoms with Gasteiger partial charge in [0.05, 0.1) is 5.69 Å². The Morgan fingerprint density at radius 1 is 1.57 bits per heavy atom. The van der Waals surface area contributed by atoms with Gasteiger partial charge in [0.1, 0.15) is 10.3 Å². The van der Waals surface area contributed by atoms with Crippen LogP contribution in [0.5, 0.6) is 0 Å². The molecule has 0 spiro atoms. The molecule has 1 aromatic heterocycles.